The average Bonchev–Trinajstić information content (AvgIpc) is 3.11. The van der Waals surface area contributed by atoms with Crippen molar-refractivity contribution in [2.24, 2.45) is 0 Å². The van der Waals surface area contributed by atoms with Crippen LogP contribution < -0.4 is 4.90 Å². The molecule has 0 bridgehead atoms. The van der Waals surface area contributed by atoms with Gasteiger partial charge in [0.2, 0.25) is 0 Å². The third-order valence-electron chi connectivity index (χ3n) is 4.75. The van der Waals surface area contributed by atoms with Crippen LogP contribution >= 0.6 is 0 Å². The first-order chi connectivity index (χ1) is 12.0. The highest BCUT2D eigenvalue weighted by Crippen LogP contribution is 2.38. The summed E-state index contributed by atoms with van der Waals surface area (Å²) in [6.45, 7) is 1.65. The molecule has 1 heterocycles. The molecule has 3 rings (SSSR count). The number of hydrogen-bond acceptors (Lipinski definition) is 5. The number of nitro groups is 1. The Hall–Kier alpha value is -2.91. The largest absolute Gasteiger partial charge is 0.369 e. The first-order valence-corrected chi connectivity index (χ1v) is 8.20. The zero-order valence-electron chi connectivity index (χ0n) is 14.3. The van der Waals surface area contributed by atoms with Gasteiger partial charge in [-0.1, -0.05) is 30.3 Å². The lowest BCUT2D eigenvalue weighted by Gasteiger charge is -2.24. The number of rotatable bonds is 4. The molecule has 0 aromatic heterocycles. The molecular formula is C19H20N4O2. The van der Waals surface area contributed by atoms with Gasteiger partial charge in [-0.3, -0.25) is 10.1 Å². The lowest BCUT2D eigenvalue weighted by atomic mass is 9.99. The minimum absolute atomic E-state index is 0.0935. The van der Waals surface area contributed by atoms with Gasteiger partial charge in [0, 0.05) is 30.8 Å². The van der Waals surface area contributed by atoms with Crippen LogP contribution in [0.4, 0.5) is 11.4 Å². The van der Waals surface area contributed by atoms with Crippen molar-refractivity contribution < 1.29 is 4.92 Å². The maximum atomic E-state index is 11.4. The van der Waals surface area contributed by atoms with Crippen LogP contribution in [0.2, 0.25) is 0 Å². The van der Waals surface area contributed by atoms with Crippen molar-refractivity contribution in [2.45, 2.75) is 12.5 Å². The van der Waals surface area contributed by atoms with Gasteiger partial charge in [0.05, 0.1) is 10.6 Å². The number of likely N-dealkylation sites (N-methyl/N-ethyl adjacent to an activating group) is 1. The van der Waals surface area contributed by atoms with Crippen molar-refractivity contribution in [3.05, 3.63) is 58.1 Å². The Kier molecular flexibility index (Phi) is 4.68. The highest BCUT2D eigenvalue weighted by molar-refractivity contribution is 5.83. The molecule has 1 aliphatic rings. The van der Waals surface area contributed by atoms with Gasteiger partial charge in [0.1, 0.15) is 11.6 Å². The van der Waals surface area contributed by atoms with E-state index in [1.807, 2.05) is 50.5 Å². The van der Waals surface area contributed by atoms with E-state index < -0.39 is 4.92 Å². The van der Waals surface area contributed by atoms with Crippen LogP contribution in [0.1, 0.15) is 12.0 Å². The minimum Gasteiger partial charge on any atom is -0.369 e. The molecule has 1 atom stereocenters. The van der Waals surface area contributed by atoms with Crippen LogP contribution in [-0.2, 0) is 0 Å². The molecule has 0 saturated carbocycles. The molecule has 1 saturated heterocycles. The fourth-order valence-electron chi connectivity index (χ4n) is 3.31. The summed E-state index contributed by atoms with van der Waals surface area (Å²) in [5.74, 6) is 0. The predicted octanol–water partition coefficient (Wildman–Crippen LogP) is 3.27. The van der Waals surface area contributed by atoms with E-state index in [0.717, 1.165) is 36.3 Å². The molecule has 2 aromatic rings. The first kappa shape index (κ1) is 16.9. The van der Waals surface area contributed by atoms with Gasteiger partial charge in [0.25, 0.3) is 5.69 Å². The normalized spacial score (nSPS) is 16.9. The van der Waals surface area contributed by atoms with Crippen molar-refractivity contribution in [3.63, 3.8) is 0 Å². The minimum atomic E-state index is -0.476. The second kappa shape index (κ2) is 6.91. The van der Waals surface area contributed by atoms with Crippen molar-refractivity contribution in [1.82, 2.24) is 4.90 Å². The number of hydrogen-bond donors (Lipinski definition) is 0. The van der Waals surface area contributed by atoms with Gasteiger partial charge in [-0.15, -0.1) is 0 Å². The van der Waals surface area contributed by atoms with E-state index in [-0.39, 0.29) is 11.3 Å². The third-order valence-corrected chi connectivity index (χ3v) is 4.75. The summed E-state index contributed by atoms with van der Waals surface area (Å²) >= 11 is 0. The highest BCUT2D eigenvalue weighted by atomic mass is 16.6. The summed E-state index contributed by atoms with van der Waals surface area (Å²) in [6, 6.07) is 15.3. The summed E-state index contributed by atoms with van der Waals surface area (Å²) in [6.07, 6.45) is 1.01. The number of nitrogens with zero attached hydrogens (tertiary/aromatic N) is 4. The Balaban J connectivity index is 2.13. The lowest BCUT2D eigenvalue weighted by molar-refractivity contribution is -0.385. The zero-order chi connectivity index (χ0) is 18.0. The fourth-order valence-corrected chi connectivity index (χ4v) is 3.31. The second-order valence-corrected chi connectivity index (χ2v) is 6.47. The van der Waals surface area contributed by atoms with Crippen LogP contribution in [0.5, 0.6) is 0 Å². The van der Waals surface area contributed by atoms with Gasteiger partial charge < -0.3 is 9.80 Å². The number of benzene rings is 2. The topological polar surface area (TPSA) is 73.4 Å². The number of anilines is 1. The lowest BCUT2D eigenvalue weighted by Crippen LogP contribution is -2.31. The molecule has 0 N–H and O–H groups in total. The molecule has 1 unspecified atom stereocenters. The molecule has 0 amide bonds. The average molecular weight is 336 g/mol. The van der Waals surface area contributed by atoms with Crippen LogP contribution in [0, 0.1) is 21.4 Å². The van der Waals surface area contributed by atoms with Gasteiger partial charge in [-0.25, -0.2) is 0 Å². The fraction of sp³-hybridized carbons (Fsp3) is 0.316. The summed E-state index contributed by atoms with van der Waals surface area (Å²) < 4.78 is 0. The number of nitriles is 1. The molecule has 1 fully saturated rings. The van der Waals surface area contributed by atoms with Gasteiger partial charge in [-0.05, 0) is 32.1 Å². The summed E-state index contributed by atoms with van der Waals surface area (Å²) in [4.78, 5) is 15.3. The van der Waals surface area contributed by atoms with E-state index in [1.165, 1.54) is 0 Å². The summed E-state index contributed by atoms with van der Waals surface area (Å²) in [5.41, 5.74) is 2.60. The van der Waals surface area contributed by atoms with Crippen molar-refractivity contribution in [1.29, 1.82) is 5.26 Å². The molecule has 6 heteroatoms. The molecule has 128 valence electrons. The maximum Gasteiger partial charge on any atom is 0.289 e. The van der Waals surface area contributed by atoms with Gasteiger partial charge in [0.15, 0.2) is 0 Å². The Bertz CT molecular complexity index is 827. The molecule has 0 spiro atoms. The van der Waals surface area contributed by atoms with Crippen molar-refractivity contribution in [3.8, 4) is 17.2 Å². The summed E-state index contributed by atoms with van der Waals surface area (Å²) in [5, 5.41) is 20.7. The monoisotopic (exact) mass is 336 g/mol. The van der Waals surface area contributed by atoms with Gasteiger partial charge >= 0.3 is 0 Å². The zero-order valence-corrected chi connectivity index (χ0v) is 14.3. The van der Waals surface area contributed by atoms with E-state index in [1.54, 1.807) is 12.1 Å². The summed E-state index contributed by atoms with van der Waals surface area (Å²) in [7, 11) is 4.10. The van der Waals surface area contributed by atoms with Gasteiger partial charge in [-0.2, -0.15) is 5.26 Å². The van der Waals surface area contributed by atoms with E-state index in [4.69, 9.17) is 0 Å². The van der Waals surface area contributed by atoms with Crippen LogP contribution in [0.15, 0.2) is 42.5 Å². The molecule has 0 aliphatic carbocycles. The van der Waals surface area contributed by atoms with E-state index in [0.29, 0.717) is 6.04 Å². The molecule has 25 heavy (non-hydrogen) atoms. The molecule has 2 aromatic carbocycles. The third kappa shape index (κ3) is 3.32. The molecule has 1 aliphatic heterocycles. The SMILES string of the molecule is CN(C)C1CCN(c2cc([N+](=O)[O-])c(C#N)cc2-c2ccccc2)C1. The van der Waals surface area contributed by atoms with Crippen molar-refractivity contribution >= 4 is 11.4 Å². The predicted molar refractivity (Wildman–Crippen MR) is 97.6 cm³/mol. The quantitative estimate of drug-likeness (QED) is 0.633. The highest BCUT2D eigenvalue weighted by Gasteiger charge is 2.28. The standard InChI is InChI=1S/C19H20N4O2/c1-21(2)16-8-9-22(13-16)19-11-18(23(24)25)15(12-20)10-17(19)14-6-4-3-5-7-14/h3-7,10-11,16H,8-9,13H2,1-2H3. The Labute approximate surface area is 147 Å². The second-order valence-electron chi connectivity index (χ2n) is 6.47. The molecule has 6 nitrogen and oxygen atoms in total. The van der Waals surface area contributed by atoms with Crippen LogP contribution in [-0.4, -0.2) is 43.0 Å². The van der Waals surface area contributed by atoms with Crippen LogP contribution in [0.3, 0.4) is 0 Å². The molecule has 0 radical (unpaired) electrons. The van der Waals surface area contributed by atoms with E-state index in [2.05, 4.69) is 9.80 Å². The molecular weight excluding hydrogens is 316 g/mol. The van der Waals surface area contributed by atoms with E-state index >= 15 is 0 Å². The Morgan fingerprint density at radius 1 is 1.28 bits per heavy atom. The number of nitro benzene ring substituents is 1. The smallest absolute Gasteiger partial charge is 0.289 e. The Morgan fingerprint density at radius 2 is 2.00 bits per heavy atom. The first-order valence-electron chi connectivity index (χ1n) is 8.20. The van der Waals surface area contributed by atoms with Crippen LogP contribution in [0.25, 0.3) is 11.1 Å². The Morgan fingerprint density at radius 3 is 2.56 bits per heavy atom. The van der Waals surface area contributed by atoms with E-state index in [9.17, 15) is 15.4 Å². The van der Waals surface area contributed by atoms with Crippen molar-refractivity contribution in [2.75, 3.05) is 32.1 Å². The maximum absolute atomic E-state index is 11.4.